The summed E-state index contributed by atoms with van der Waals surface area (Å²) >= 11 is 3.67. The Balaban J connectivity index is 2.82. The summed E-state index contributed by atoms with van der Waals surface area (Å²) in [5, 5.41) is 3.56. The third kappa shape index (κ3) is 3.91. The summed E-state index contributed by atoms with van der Waals surface area (Å²) in [5.74, 6) is 0. The Hall–Kier alpha value is -0.340. The number of hydrogen-bond acceptors (Lipinski definition) is 1. The van der Waals surface area contributed by atoms with Crippen LogP contribution in [0.2, 0.25) is 0 Å². The Morgan fingerprint density at radius 2 is 2.06 bits per heavy atom. The predicted molar refractivity (Wildman–Crippen MR) is 74.8 cm³/mol. The van der Waals surface area contributed by atoms with Crippen LogP contribution in [0.15, 0.2) is 22.7 Å². The minimum absolute atomic E-state index is 0.486. The van der Waals surface area contributed by atoms with E-state index in [9.17, 15) is 0 Å². The molecule has 0 fully saturated rings. The summed E-state index contributed by atoms with van der Waals surface area (Å²) in [6.45, 7) is 7.56. The molecule has 1 atom stereocenters. The molecule has 1 aromatic carbocycles. The average Bonchev–Trinajstić information content (AvgIpc) is 2.25. The van der Waals surface area contributed by atoms with Gasteiger partial charge in [-0.05, 0) is 37.1 Å². The highest BCUT2D eigenvalue weighted by Crippen LogP contribution is 2.27. The highest BCUT2D eigenvalue weighted by atomic mass is 79.9. The van der Waals surface area contributed by atoms with E-state index in [0.29, 0.717) is 6.04 Å². The molecule has 0 heterocycles. The Bertz CT molecular complexity index is 323. The van der Waals surface area contributed by atoms with E-state index in [1.807, 2.05) is 0 Å². The third-order valence-electron chi connectivity index (χ3n) is 2.83. The zero-order valence-corrected chi connectivity index (χ0v) is 12.1. The van der Waals surface area contributed by atoms with Crippen LogP contribution in [0.3, 0.4) is 0 Å². The van der Waals surface area contributed by atoms with E-state index in [2.05, 4.69) is 60.2 Å². The fourth-order valence-corrected chi connectivity index (χ4v) is 2.71. The second kappa shape index (κ2) is 7.08. The molecule has 1 nitrogen and oxygen atoms in total. The van der Waals surface area contributed by atoms with Crippen LogP contribution < -0.4 is 5.32 Å². The van der Waals surface area contributed by atoms with Crippen molar-refractivity contribution in [2.75, 3.05) is 6.54 Å². The number of halogens is 1. The van der Waals surface area contributed by atoms with E-state index >= 15 is 0 Å². The SMILES string of the molecule is CCCCC(NCC)c1ccc(C)cc1Br. The van der Waals surface area contributed by atoms with Crippen LogP contribution in [0, 0.1) is 6.92 Å². The highest BCUT2D eigenvalue weighted by molar-refractivity contribution is 9.10. The molecule has 0 aromatic heterocycles. The molecular weight excluding hydrogens is 262 g/mol. The molecule has 16 heavy (non-hydrogen) atoms. The van der Waals surface area contributed by atoms with Gasteiger partial charge < -0.3 is 5.32 Å². The first kappa shape index (κ1) is 13.7. The molecule has 0 bridgehead atoms. The second-order valence-corrected chi connectivity index (χ2v) is 5.13. The first-order valence-corrected chi connectivity index (χ1v) is 6.97. The molecular formula is C14H22BrN. The number of benzene rings is 1. The molecule has 1 N–H and O–H groups in total. The lowest BCUT2D eigenvalue weighted by Gasteiger charge is -2.19. The molecule has 0 saturated carbocycles. The Morgan fingerprint density at radius 1 is 1.31 bits per heavy atom. The molecule has 0 saturated heterocycles. The van der Waals surface area contributed by atoms with Gasteiger partial charge in [-0.2, -0.15) is 0 Å². The number of rotatable bonds is 6. The van der Waals surface area contributed by atoms with Crippen LogP contribution in [0.4, 0.5) is 0 Å². The second-order valence-electron chi connectivity index (χ2n) is 4.28. The smallest absolute Gasteiger partial charge is 0.0331 e. The van der Waals surface area contributed by atoms with E-state index < -0.39 is 0 Å². The molecule has 1 rings (SSSR count). The normalized spacial score (nSPS) is 12.8. The lowest BCUT2D eigenvalue weighted by atomic mass is 10.00. The van der Waals surface area contributed by atoms with Gasteiger partial charge in [-0.25, -0.2) is 0 Å². The number of hydrogen-bond donors (Lipinski definition) is 1. The maximum Gasteiger partial charge on any atom is 0.0331 e. The van der Waals surface area contributed by atoms with Crippen LogP contribution in [0.25, 0.3) is 0 Å². The molecule has 0 amide bonds. The van der Waals surface area contributed by atoms with Gasteiger partial charge in [0.15, 0.2) is 0 Å². The van der Waals surface area contributed by atoms with Crippen molar-refractivity contribution in [2.45, 2.75) is 46.1 Å². The van der Waals surface area contributed by atoms with Gasteiger partial charge in [-0.1, -0.05) is 54.8 Å². The van der Waals surface area contributed by atoms with E-state index in [1.54, 1.807) is 0 Å². The van der Waals surface area contributed by atoms with Crippen LogP contribution >= 0.6 is 15.9 Å². The highest BCUT2D eigenvalue weighted by Gasteiger charge is 2.12. The van der Waals surface area contributed by atoms with Gasteiger partial charge in [0, 0.05) is 10.5 Å². The monoisotopic (exact) mass is 283 g/mol. The molecule has 0 radical (unpaired) electrons. The summed E-state index contributed by atoms with van der Waals surface area (Å²) in [6, 6.07) is 7.12. The van der Waals surface area contributed by atoms with Crippen molar-refractivity contribution in [2.24, 2.45) is 0 Å². The fourth-order valence-electron chi connectivity index (χ4n) is 1.94. The van der Waals surface area contributed by atoms with Crippen molar-refractivity contribution in [3.8, 4) is 0 Å². The zero-order valence-electron chi connectivity index (χ0n) is 10.5. The van der Waals surface area contributed by atoms with Crippen LogP contribution in [-0.2, 0) is 0 Å². The maximum atomic E-state index is 3.67. The largest absolute Gasteiger partial charge is 0.310 e. The summed E-state index contributed by atoms with van der Waals surface area (Å²) in [6.07, 6.45) is 3.75. The standard InChI is InChI=1S/C14H22BrN/c1-4-6-7-14(16-5-2)12-9-8-11(3)10-13(12)15/h8-10,14,16H,4-7H2,1-3H3. The van der Waals surface area contributed by atoms with Gasteiger partial charge in [-0.3, -0.25) is 0 Å². The summed E-state index contributed by atoms with van der Waals surface area (Å²) in [7, 11) is 0. The minimum Gasteiger partial charge on any atom is -0.310 e. The van der Waals surface area contributed by atoms with Gasteiger partial charge in [0.05, 0.1) is 0 Å². The Labute approximate surface area is 108 Å². The van der Waals surface area contributed by atoms with Gasteiger partial charge >= 0.3 is 0 Å². The van der Waals surface area contributed by atoms with Crippen molar-refractivity contribution >= 4 is 15.9 Å². The molecule has 0 aliphatic heterocycles. The number of aryl methyl sites for hydroxylation is 1. The van der Waals surface area contributed by atoms with Crippen molar-refractivity contribution in [1.82, 2.24) is 5.32 Å². The van der Waals surface area contributed by atoms with Crippen molar-refractivity contribution in [3.05, 3.63) is 33.8 Å². The van der Waals surface area contributed by atoms with Crippen LogP contribution in [0.1, 0.15) is 50.3 Å². The van der Waals surface area contributed by atoms with Crippen molar-refractivity contribution < 1.29 is 0 Å². The van der Waals surface area contributed by atoms with E-state index in [-0.39, 0.29) is 0 Å². The van der Waals surface area contributed by atoms with E-state index in [1.165, 1.54) is 34.9 Å². The van der Waals surface area contributed by atoms with Crippen LogP contribution in [-0.4, -0.2) is 6.54 Å². The van der Waals surface area contributed by atoms with Crippen molar-refractivity contribution in [3.63, 3.8) is 0 Å². The van der Waals surface area contributed by atoms with Gasteiger partial charge in [0.2, 0.25) is 0 Å². The summed E-state index contributed by atoms with van der Waals surface area (Å²) < 4.78 is 1.23. The van der Waals surface area contributed by atoms with Gasteiger partial charge in [-0.15, -0.1) is 0 Å². The first-order chi connectivity index (χ1) is 7.69. The first-order valence-electron chi connectivity index (χ1n) is 6.18. The maximum absolute atomic E-state index is 3.67. The molecule has 0 aliphatic rings. The average molecular weight is 284 g/mol. The topological polar surface area (TPSA) is 12.0 Å². The zero-order chi connectivity index (χ0) is 12.0. The minimum atomic E-state index is 0.486. The third-order valence-corrected chi connectivity index (χ3v) is 3.52. The molecule has 1 aromatic rings. The van der Waals surface area contributed by atoms with E-state index in [0.717, 1.165) is 6.54 Å². The summed E-state index contributed by atoms with van der Waals surface area (Å²) in [4.78, 5) is 0. The molecule has 90 valence electrons. The quantitative estimate of drug-likeness (QED) is 0.805. The van der Waals surface area contributed by atoms with Gasteiger partial charge in [0.25, 0.3) is 0 Å². The molecule has 1 unspecified atom stereocenters. The van der Waals surface area contributed by atoms with Crippen molar-refractivity contribution in [1.29, 1.82) is 0 Å². The van der Waals surface area contributed by atoms with Gasteiger partial charge in [0.1, 0.15) is 0 Å². The Morgan fingerprint density at radius 3 is 2.62 bits per heavy atom. The fraction of sp³-hybridized carbons (Fsp3) is 0.571. The van der Waals surface area contributed by atoms with E-state index in [4.69, 9.17) is 0 Å². The van der Waals surface area contributed by atoms with Crippen LogP contribution in [0.5, 0.6) is 0 Å². The molecule has 0 aliphatic carbocycles. The summed E-state index contributed by atoms with van der Waals surface area (Å²) in [5.41, 5.74) is 2.70. The molecule has 0 spiro atoms. The number of nitrogens with one attached hydrogen (secondary N) is 1. The number of unbranched alkanes of at least 4 members (excludes halogenated alkanes) is 1. The lowest BCUT2D eigenvalue weighted by Crippen LogP contribution is -2.21. The molecule has 2 heteroatoms. The predicted octanol–water partition coefficient (Wildman–Crippen LogP) is 4.60. The lowest BCUT2D eigenvalue weighted by molar-refractivity contribution is 0.493. The Kier molecular flexibility index (Phi) is 6.07.